The van der Waals surface area contributed by atoms with E-state index in [-0.39, 0.29) is 11.9 Å². The van der Waals surface area contributed by atoms with Crippen molar-refractivity contribution in [2.45, 2.75) is 39.8 Å². The van der Waals surface area contributed by atoms with E-state index in [0.29, 0.717) is 17.7 Å². The fourth-order valence-corrected chi connectivity index (χ4v) is 1.94. The molecule has 0 spiro atoms. The molecular weight excluding hydrogens is 240 g/mol. The average Bonchev–Trinajstić information content (AvgIpc) is 2.34. The fraction of sp³-hybridized carbons (Fsp3) is 0.467. The van der Waals surface area contributed by atoms with Gasteiger partial charge in [-0.25, -0.2) is 0 Å². The Morgan fingerprint density at radius 3 is 2.47 bits per heavy atom. The van der Waals surface area contributed by atoms with E-state index in [1.54, 1.807) is 30.0 Å². The van der Waals surface area contributed by atoms with Crippen LogP contribution in [-0.4, -0.2) is 34.6 Å². The molecule has 4 nitrogen and oxygen atoms in total. The van der Waals surface area contributed by atoms with Crippen molar-refractivity contribution in [2.75, 3.05) is 6.54 Å². The highest BCUT2D eigenvalue weighted by Gasteiger charge is 2.21. The zero-order chi connectivity index (χ0) is 14.6. The van der Waals surface area contributed by atoms with Crippen LogP contribution >= 0.6 is 0 Å². The van der Waals surface area contributed by atoms with Crippen molar-refractivity contribution in [1.29, 1.82) is 5.26 Å². The van der Waals surface area contributed by atoms with Gasteiger partial charge < -0.3 is 10.0 Å². The number of nitriles is 1. The van der Waals surface area contributed by atoms with E-state index in [4.69, 9.17) is 5.26 Å². The summed E-state index contributed by atoms with van der Waals surface area (Å²) in [6.07, 6.45) is -0.565. The summed E-state index contributed by atoms with van der Waals surface area (Å²) in [6, 6.07) is 7.08. The normalized spacial score (nSPS) is 12.1. The van der Waals surface area contributed by atoms with Crippen LogP contribution in [0.15, 0.2) is 18.2 Å². The molecule has 1 unspecified atom stereocenters. The Balaban J connectivity index is 3.07. The van der Waals surface area contributed by atoms with Crippen LogP contribution < -0.4 is 0 Å². The maximum absolute atomic E-state index is 12.5. The van der Waals surface area contributed by atoms with E-state index in [1.807, 2.05) is 20.8 Å². The molecule has 19 heavy (non-hydrogen) atoms. The summed E-state index contributed by atoms with van der Waals surface area (Å²) >= 11 is 0. The van der Waals surface area contributed by atoms with E-state index < -0.39 is 6.10 Å². The number of rotatable bonds is 4. The lowest BCUT2D eigenvalue weighted by Crippen LogP contribution is -2.41. The Hall–Kier alpha value is -1.86. The Kier molecular flexibility index (Phi) is 5.08. The van der Waals surface area contributed by atoms with E-state index in [2.05, 4.69) is 6.07 Å². The van der Waals surface area contributed by atoms with Crippen molar-refractivity contribution in [1.82, 2.24) is 4.90 Å². The van der Waals surface area contributed by atoms with Gasteiger partial charge in [0.1, 0.15) is 0 Å². The molecule has 102 valence electrons. The van der Waals surface area contributed by atoms with Gasteiger partial charge in [0, 0.05) is 18.2 Å². The highest BCUT2D eigenvalue weighted by atomic mass is 16.3. The number of benzene rings is 1. The van der Waals surface area contributed by atoms with Gasteiger partial charge in [0.05, 0.1) is 17.7 Å². The van der Waals surface area contributed by atoms with Gasteiger partial charge in [-0.15, -0.1) is 0 Å². The summed E-state index contributed by atoms with van der Waals surface area (Å²) in [5.41, 5.74) is 1.90. The first-order chi connectivity index (χ1) is 8.86. The van der Waals surface area contributed by atoms with Crippen LogP contribution in [-0.2, 0) is 0 Å². The molecule has 1 aromatic carbocycles. The number of nitrogens with zero attached hydrogens (tertiary/aromatic N) is 2. The Bertz CT molecular complexity index is 501. The van der Waals surface area contributed by atoms with Crippen molar-refractivity contribution in [3.05, 3.63) is 34.9 Å². The first kappa shape index (κ1) is 15.2. The average molecular weight is 260 g/mol. The highest BCUT2D eigenvalue weighted by Crippen LogP contribution is 2.15. The third-order valence-electron chi connectivity index (χ3n) is 2.93. The minimum Gasteiger partial charge on any atom is -0.392 e. The third kappa shape index (κ3) is 3.80. The molecule has 0 aromatic heterocycles. The number of carbonyl (C=O) groups excluding carboxylic acids is 1. The number of hydrogen-bond donors (Lipinski definition) is 1. The van der Waals surface area contributed by atoms with Gasteiger partial charge in [-0.3, -0.25) is 4.79 Å². The third-order valence-corrected chi connectivity index (χ3v) is 2.93. The van der Waals surface area contributed by atoms with E-state index >= 15 is 0 Å². The Morgan fingerprint density at radius 1 is 1.42 bits per heavy atom. The van der Waals surface area contributed by atoms with Crippen molar-refractivity contribution in [2.24, 2.45) is 0 Å². The number of aliphatic hydroxyl groups is 1. The molecule has 1 atom stereocenters. The molecule has 1 rings (SSSR count). The molecule has 0 aliphatic carbocycles. The molecule has 0 radical (unpaired) electrons. The van der Waals surface area contributed by atoms with Crippen LogP contribution in [0.1, 0.15) is 42.3 Å². The lowest BCUT2D eigenvalue weighted by Gasteiger charge is -2.28. The second kappa shape index (κ2) is 6.35. The molecule has 0 saturated carbocycles. The molecular formula is C15H20N2O2. The first-order valence-electron chi connectivity index (χ1n) is 6.36. The molecule has 1 amide bonds. The molecule has 0 saturated heterocycles. The van der Waals surface area contributed by atoms with E-state index in [0.717, 1.165) is 5.56 Å². The Labute approximate surface area is 114 Å². The summed E-state index contributed by atoms with van der Waals surface area (Å²) < 4.78 is 0. The quantitative estimate of drug-likeness (QED) is 0.901. The minimum atomic E-state index is -0.565. The maximum atomic E-state index is 12.5. The van der Waals surface area contributed by atoms with Gasteiger partial charge in [-0.05, 0) is 51.5 Å². The summed E-state index contributed by atoms with van der Waals surface area (Å²) in [5.74, 6) is -0.113. The topological polar surface area (TPSA) is 64.3 Å². The van der Waals surface area contributed by atoms with Gasteiger partial charge in [0.2, 0.25) is 0 Å². The standard InChI is InChI=1S/C15H20N2O2/c1-10(2)17(9-12(4)18)15(19)14-6-5-13(8-16)7-11(14)3/h5-7,10,12,18H,9H2,1-4H3. The summed E-state index contributed by atoms with van der Waals surface area (Å²) in [6.45, 7) is 7.61. The van der Waals surface area contributed by atoms with Crippen molar-refractivity contribution >= 4 is 5.91 Å². The summed E-state index contributed by atoms with van der Waals surface area (Å²) in [4.78, 5) is 14.1. The fourth-order valence-electron chi connectivity index (χ4n) is 1.94. The van der Waals surface area contributed by atoms with Gasteiger partial charge >= 0.3 is 0 Å². The van der Waals surface area contributed by atoms with Crippen LogP contribution in [0.5, 0.6) is 0 Å². The molecule has 0 aliphatic heterocycles. The summed E-state index contributed by atoms with van der Waals surface area (Å²) in [7, 11) is 0. The van der Waals surface area contributed by atoms with Gasteiger partial charge in [-0.2, -0.15) is 5.26 Å². The van der Waals surface area contributed by atoms with Crippen LogP contribution in [0.2, 0.25) is 0 Å². The van der Waals surface area contributed by atoms with Crippen molar-refractivity contribution < 1.29 is 9.90 Å². The number of hydrogen-bond acceptors (Lipinski definition) is 3. The van der Waals surface area contributed by atoms with E-state index in [1.165, 1.54) is 0 Å². The first-order valence-corrected chi connectivity index (χ1v) is 6.36. The molecule has 4 heteroatoms. The zero-order valence-corrected chi connectivity index (χ0v) is 11.8. The molecule has 0 bridgehead atoms. The van der Waals surface area contributed by atoms with Crippen LogP contribution in [0.4, 0.5) is 0 Å². The predicted octanol–water partition coefficient (Wildman–Crippen LogP) is 2.10. The molecule has 1 N–H and O–H groups in total. The largest absolute Gasteiger partial charge is 0.392 e. The molecule has 0 fully saturated rings. The number of aryl methyl sites for hydroxylation is 1. The van der Waals surface area contributed by atoms with E-state index in [9.17, 15) is 9.90 Å². The minimum absolute atomic E-state index is 0.0112. The van der Waals surface area contributed by atoms with Crippen LogP contribution in [0.25, 0.3) is 0 Å². The lowest BCUT2D eigenvalue weighted by atomic mass is 10.0. The predicted molar refractivity (Wildman–Crippen MR) is 73.7 cm³/mol. The monoisotopic (exact) mass is 260 g/mol. The molecule has 1 aromatic rings. The van der Waals surface area contributed by atoms with Gasteiger partial charge in [0.15, 0.2) is 0 Å². The number of aliphatic hydroxyl groups excluding tert-OH is 1. The SMILES string of the molecule is Cc1cc(C#N)ccc1C(=O)N(CC(C)O)C(C)C. The zero-order valence-electron chi connectivity index (χ0n) is 11.8. The Morgan fingerprint density at radius 2 is 2.05 bits per heavy atom. The second-order valence-electron chi connectivity index (χ2n) is 5.04. The van der Waals surface area contributed by atoms with Crippen LogP contribution in [0.3, 0.4) is 0 Å². The maximum Gasteiger partial charge on any atom is 0.254 e. The van der Waals surface area contributed by atoms with Crippen molar-refractivity contribution in [3.8, 4) is 6.07 Å². The highest BCUT2D eigenvalue weighted by molar-refractivity contribution is 5.96. The summed E-state index contributed by atoms with van der Waals surface area (Å²) in [5, 5.41) is 18.3. The number of carbonyl (C=O) groups is 1. The molecule has 0 aliphatic rings. The second-order valence-corrected chi connectivity index (χ2v) is 5.04. The van der Waals surface area contributed by atoms with Gasteiger partial charge in [-0.1, -0.05) is 0 Å². The lowest BCUT2D eigenvalue weighted by molar-refractivity contribution is 0.0578. The van der Waals surface area contributed by atoms with Crippen molar-refractivity contribution in [3.63, 3.8) is 0 Å². The van der Waals surface area contributed by atoms with Gasteiger partial charge in [0.25, 0.3) is 5.91 Å². The number of amides is 1. The van der Waals surface area contributed by atoms with Crippen LogP contribution in [0, 0.1) is 18.3 Å². The molecule has 0 heterocycles. The smallest absolute Gasteiger partial charge is 0.254 e.